The van der Waals surface area contributed by atoms with Gasteiger partial charge in [0.15, 0.2) is 0 Å². The summed E-state index contributed by atoms with van der Waals surface area (Å²) in [4.78, 5) is 16.8. The Kier molecular flexibility index (Phi) is 8.51. The van der Waals surface area contributed by atoms with Crippen LogP contribution in [0.3, 0.4) is 0 Å². The van der Waals surface area contributed by atoms with Gasteiger partial charge in [0.05, 0.1) is 7.11 Å². The zero-order valence-corrected chi connectivity index (χ0v) is 18.0. The number of carbonyl (C=O) groups is 1. The fourth-order valence-corrected chi connectivity index (χ4v) is 3.78. The molecule has 1 aliphatic heterocycles. The van der Waals surface area contributed by atoms with E-state index in [9.17, 15) is 9.90 Å². The van der Waals surface area contributed by atoms with Crippen LogP contribution in [0.5, 0.6) is 5.75 Å². The Bertz CT molecular complexity index is 780. The van der Waals surface area contributed by atoms with Crippen molar-refractivity contribution in [3.8, 4) is 5.75 Å². The third-order valence-electron chi connectivity index (χ3n) is 5.32. The van der Waals surface area contributed by atoms with E-state index in [1.54, 1.807) is 0 Å². The van der Waals surface area contributed by atoms with E-state index in [-0.39, 0.29) is 18.6 Å². The van der Waals surface area contributed by atoms with Crippen molar-refractivity contribution in [2.24, 2.45) is 0 Å². The van der Waals surface area contributed by atoms with Gasteiger partial charge in [0, 0.05) is 37.7 Å². The molecular formula is C23H29ClN2O4. The summed E-state index contributed by atoms with van der Waals surface area (Å²) in [6, 6.07) is 16.7. The molecule has 7 heteroatoms. The van der Waals surface area contributed by atoms with Crippen LogP contribution >= 0.6 is 11.6 Å². The van der Waals surface area contributed by atoms with Crippen molar-refractivity contribution in [1.82, 2.24) is 9.80 Å². The number of nitrogens with zero attached hydrogens (tertiary/aromatic N) is 2. The maximum Gasteiger partial charge on any atom is 0.323 e. The van der Waals surface area contributed by atoms with Gasteiger partial charge in [-0.25, -0.2) is 0 Å². The second kappa shape index (κ2) is 11.3. The van der Waals surface area contributed by atoms with Crippen LogP contribution < -0.4 is 4.74 Å². The van der Waals surface area contributed by atoms with E-state index < -0.39 is 6.10 Å². The van der Waals surface area contributed by atoms with Crippen LogP contribution in [-0.2, 0) is 16.0 Å². The first kappa shape index (κ1) is 22.6. The first-order valence-corrected chi connectivity index (χ1v) is 10.6. The molecule has 3 rings (SSSR count). The minimum absolute atomic E-state index is 0.227. The van der Waals surface area contributed by atoms with Gasteiger partial charge in [-0.05, 0) is 36.2 Å². The van der Waals surface area contributed by atoms with Gasteiger partial charge in [0.2, 0.25) is 0 Å². The fourth-order valence-electron chi connectivity index (χ4n) is 3.66. The Balaban J connectivity index is 1.48. The lowest BCUT2D eigenvalue weighted by atomic mass is 10.0. The third kappa shape index (κ3) is 6.71. The monoisotopic (exact) mass is 432 g/mol. The first-order chi connectivity index (χ1) is 14.5. The van der Waals surface area contributed by atoms with Crippen molar-refractivity contribution in [2.45, 2.75) is 18.6 Å². The number of aliphatic hydroxyl groups is 1. The molecule has 0 amide bonds. The summed E-state index contributed by atoms with van der Waals surface area (Å²) in [7, 11) is 1.43. The second-order valence-electron chi connectivity index (χ2n) is 7.48. The van der Waals surface area contributed by atoms with E-state index >= 15 is 0 Å². The number of halogens is 1. The number of esters is 1. The van der Waals surface area contributed by atoms with Gasteiger partial charge in [-0.1, -0.05) is 41.9 Å². The highest BCUT2D eigenvalue weighted by molar-refractivity contribution is 6.30. The fraction of sp³-hybridized carbons (Fsp3) is 0.435. The maximum atomic E-state index is 12.4. The van der Waals surface area contributed by atoms with Crippen LogP contribution in [0, 0.1) is 0 Å². The van der Waals surface area contributed by atoms with E-state index in [2.05, 4.69) is 9.80 Å². The maximum absolute atomic E-state index is 12.4. The van der Waals surface area contributed by atoms with Gasteiger partial charge in [-0.15, -0.1) is 0 Å². The highest BCUT2D eigenvalue weighted by Gasteiger charge is 2.30. The number of piperazine rings is 1. The Labute approximate surface area is 183 Å². The average molecular weight is 433 g/mol. The Morgan fingerprint density at radius 3 is 2.37 bits per heavy atom. The molecule has 0 saturated carbocycles. The lowest BCUT2D eigenvalue weighted by Crippen LogP contribution is -2.54. The number of benzene rings is 2. The second-order valence-corrected chi connectivity index (χ2v) is 7.92. The molecule has 0 aromatic heterocycles. The molecule has 0 aliphatic carbocycles. The summed E-state index contributed by atoms with van der Waals surface area (Å²) in [5, 5.41) is 11.0. The third-order valence-corrected chi connectivity index (χ3v) is 5.57. The van der Waals surface area contributed by atoms with E-state index in [1.165, 1.54) is 7.11 Å². The summed E-state index contributed by atoms with van der Waals surface area (Å²) in [5.74, 6) is 0.527. The lowest BCUT2D eigenvalue weighted by Gasteiger charge is -2.38. The van der Waals surface area contributed by atoms with Gasteiger partial charge in [-0.3, -0.25) is 14.6 Å². The van der Waals surface area contributed by atoms with Gasteiger partial charge in [0.25, 0.3) is 0 Å². The molecule has 0 unspecified atom stereocenters. The molecule has 1 fully saturated rings. The molecule has 1 N–H and O–H groups in total. The van der Waals surface area contributed by atoms with Crippen LogP contribution in [0.4, 0.5) is 0 Å². The Morgan fingerprint density at radius 2 is 1.73 bits per heavy atom. The number of β-amino-alcohol motifs (C(OH)–C–C–N with tert-alkyl or cyclic N) is 1. The number of hydrogen-bond acceptors (Lipinski definition) is 6. The molecule has 2 atom stereocenters. The molecule has 1 heterocycles. The van der Waals surface area contributed by atoms with Gasteiger partial charge >= 0.3 is 5.97 Å². The first-order valence-electron chi connectivity index (χ1n) is 10.2. The standard InChI is InChI=1S/C23H29ClN2O4/c1-29-23(28)22(15-18-7-9-19(24)10-8-18)26-13-11-25(12-14-26)16-20(27)17-30-21-5-3-2-4-6-21/h2-10,20,22,27H,11-17H2,1H3/t20-,22-/m1/s1. The summed E-state index contributed by atoms with van der Waals surface area (Å²) in [6.45, 7) is 3.82. The van der Waals surface area contributed by atoms with Crippen molar-refractivity contribution in [3.63, 3.8) is 0 Å². The Morgan fingerprint density at radius 1 is 1.07 bits per heavy atom. The molecule has 2 aromatic carbocycles. The molecule has 1 aliphatic rings. The zero-order valence-electron chi connectivity index (χ0n) is 17.2. The highest BCUT2D eigenvalue weighted by atomic mass is 35.5. The molecule has 2 aromatic rings. The normalized spacial score (nSPS) is 17.3. The van der Waals surface area contributed by atoms with Gasteiger partial charge in [0.1, 0.15) is 24.5 Å². The number of carbonyl (C=O) groups excluding carboxylic acids is 1. The van der Waals surface area contributed by atoms with Crippen LogP contribution in [0.1, 0.15) is 5.56 Å². The molecule has 6 nitrogen and oxygen atoms in total. The number of aliphatic hydroxyl groups excluding tert-OH is 1. The minimum Gasteiger partial charge on any atom is -0.491 e. The number of hydrogen-bond donors (Lipinski definition) is 1. The summed E-state index contributed by atoms with van der Waals surface area (Å²) in [5.41, 5.74) is 1.05. The highest BCUT2D eigenvalue weighted by Crippen LogP contribution is 2.16. The number of rotatable bonds is 9. The molecule has 0 radical (unpaired) electrons. The molecule has 0 spiro atoms. The SMILES string of the molecule is COC(=O)[C@@H](Cc1ccc(Cl)cc1)N1CCN(C[C@@H](O)COc2ccccc2)CC1. The predicted octanol–water partition coefficient (Wildman–Crippen LogP) is 2.48. The van der Waals surface area contributed by atoms with Crippen LogP contribution in [-0.4, -0.2) is 79.5 Å². The van der Waals surface area contributed by atoms with Crippen LogP contribution in [0.15, 0.2) is 54.6 Å². The number of para-hydroxylation sites is 1. The minimum atomic E-state index is -0.567. The molecule has 162 valence electrons. The molecular weight excluding hydrogens is 404 g/mol. The van der Waals surface area contributed by atoms with E-state index in [1.807, 2.05) is 54.6 Å². The van der Waals surface area contributed by atoms with Gasteiger partial charge in [-0.2, -0.15) is 0 Å². The topological polar surface area (TPSA) is 62.2 Å². The quantitative estimate of drug-likeness (QED) is 0.614. The van der Waals surface area contributed by atoms with Gasteiger partial charge < -0.3 is 14.6 Å². The van der Waals surface area contributed by atoms with Crippen molar-refractivity contribution in [2.75, 3.05) is 46.4 Å². The van der Waals surface area contributed by atoms with Crippen molar-refractivity contribution in [3.05, 3.63) is 65.2 Å². The Hall–Kier alpha value is -2.12. The molecule has 0 bridgehead atoms. The smallest absolute Gasteiger partial charge is 0.323 e. The summed E-state index contributed by atoms with van der Waals surface area (Å²) < 4.78 is 10.7. The molecule has 30 heavy (non-hydrogen) atoms. The summed E-state index contributed by atoms with van der Waals surface area (Å²) >= 11 is 5.96. The molecule has 1 saturated heterocycles. The summed E-state index contributed by atoms with van der Waals surface area (Å²) in [6.07, 6.45) is 0.0134. The van der Waals surface area contributed by atoms with Crippen LogP contribution in [0.2, 0.25) is 5.02 Å². The zero-order chi connectivity index (χ0) is 21.3. The van der Waals surface area contributed by atoms with Crippen molar-refractivity contribution in [1.29, 1.82) is 0 Å². The number of methoxy groups -OCH3 is 1. The largest absolute Gasteiger partial charge is 0.491 e. The predicted molar refractivity (Wildman–Crippen MR) is 117 cm³/mol. The van der Waals surface area contributed by atoms with Crippen LogP contribution in [0.25, 0.3) is 0 Å². The van der Waals surface area contributed by atoms with E-state index in [4.69, 9.17) is 21.1 Å². The average Bonchev–Trinajstić information content (AvgIpc) is 2.78. The lowest BCUT2D eigenvalue weighted by molar-refractivity contribution is -0.147. The van der Waals surface area contributed by atoms with Crippen molar-refractivity contribution < 1.29 is 19.4 Å². The van der Waals surface area contributed by atoms with E-state index in [0.29, 0.717) is 18.0 Å². The van der Waals surface area contributed by atoms with Crippen molar-refractivity contribution >= 4 is 17.6 Å². The number of ether oxygens (including phenoxy) is 2. The van der Waals surface area contributed by atoms with E-state index in [0.717, 1.165) is 37.5 Å².